The summed E-state index contributed by atoms with van der Waals surface area (Å²) in [4.78, 5) is 13.5. The monoisotopic (exact) mass is 1450 g/mol. The zero-order valence-corrected chi connectivity index (χ0v) is 61.8. The molecule has 0 N–H and O–H groups in total. The van der Waals surface area contributed by atoms with Gasteiger partial charge in [0.05, 0.1) is 0 Å². The third-order valence-corrected chi connectivity index (χ3v) is 18.0. The molecule has 3 heterocycles. The Labute approximate surface area is 598 Å². The Morgan fingerprint density at radius 1 is 0.265 bits per heavy atom. The molecule has 3 nitrogen and oxygen atoms in total. The van der Waals surface area contributed by atoms with Gasteiger partial charge in [0, 0.05) is 24.3 Å². The maximum Gasteiger partial charge on any atom is 3.00 e. The Kier molecular flexibility index (Phi) is 21.9. The van der Waals surface area contributed by atoms with Crippen molar-refractivity contribution in [3.63, 3.8) is 0 Å². The van der Waals surface area contributed by atoms with E-state index in [0.717, 1.165) is 50.5 Å². The first kappa shape index (κ1) is 71.0. The smallest absolute Gasteiger partial charge is 0.305 e. The molecule has 0 aliphatic carbocycles. The predicted octanol–water partition coefficient (Wildman–Crippen LogP) is 25.5. The summed E-state index contributed by atoms with van der Waals surface area (Å²) >= 11 is 0. The van der Waals surface area contributed by atoms with Crippen molar-refractivity contribution in [1.82, 2.24) is 15.0 Å². The zero-order valence-electron chi connectivity index (χ0n) is 59.4. The number of benzene rings is 10. The largest absolute Gasteiger partial charge is 3.00 e. The average molecular weight is 1450 g/mol. The van der Waals surface area contributed by atoms with Gasteiger partial charge in [-0.15, -0.1) is 88.5 Å². The summed E-state index contributed by atoms with van der Waals surface area (Å²) < 4.78 is 0. The summed E-state index contributed by atoms with van der Waals surface area (Å²) in [6.45, 7) is 35.6. The number of nitrogens with zero attached hydrogens (tertiary/aromatic N) is 3. The fourth-order valence-electron chi connectivity index (χ4n) is 12.2. The van der Waals surface area contributed by atoms with E-state index in [2.05, 4.69) is 325 Å². The predicted molar refractivity (Wildman–Crippen MR) is 413 cm³/mol. The van der Waals surface area contributed by atoms with Crippen LogP contribution in [0.25, 0.3) is 112 Å². The molecule has 0 spiro atoms. The molecular weight excluding hydrogens is 1360 g/mol. The van der Waals surface area contributed by atoms with E-state index < -0.39 is 0 Å². The molecule has 490 valence electrons. The van der Waals surface area contributed by atoms with Crippen molar-refractivity contribution in [3.8, 4) is 112 Å². The molecule has 0 saturated carbocycles. The molecule has 10 aromatic carbocycles. The fraction of sp³-hybridized carbons (Fsp3) is 0.191. The van der Waals surface area contributed by atoms with E-state index in [1.807, 2.05) is 85.3 Å². The number of pyridine rings is 3. The molecule has 0 radical (unpaired) electrons. The van der Waals surface area contributed by atoms with Crippen LogP contribution in [-0.4, -0.2) is 15.0 Å². The summed E-state index contributed by atoms with van der Waals surface area (Å²) in [5.41, 5.74) is 32.2. The molecular formula is C94H90IrN3. The van der Waals surface area contributed by atoms with Crippen LogP contribution in [0, 0.1) is 32.9 Å². The van der Waals surface area contributed by atoms with E-state index in [-0.39, 0.29) is 41.8 Å². The summed E-state index contributed by atoms with van der Waals surface area (Å²) in [6, 6.07) is 100. The topological polar surface area (TPSA) is 38.7 Å². The van der Waals surface area contributed by atoms with Crippen LogP contribution in [0.15, 0.2) is 279 Å². The quantitative estimate of drug-likeness (QED) is 0.128. The Morgan fingerprint density at radius 3 is 0.837 bits per heavy atom. The maximum atomic E-state index is 4.59. The Balaban J connectivity index is 0.000000166. The van der Waals surface area contributed by atoms with Crippen molar-refractivity contribution < 1.29 is 20.1 Å². The van der Waals surface area contributed by atoms with Crippen LogP contribution in [0.2, 0.25) is 0 Å². The number of hydrogen-bond donors (Lipinski definition) is 0. The first-order chi connectivity index (χ1) is 46.3. The summed E-state index contributed by atoms with van der Waals surface area (Å²) in [5, 5.41) is 0. The Hall–Kier alpha value is -9.83. The molecule has 0 fully saturated rings. The van der Waals surface area contributed by atoms with Crippen LogP contribution in [-0.2, 0) is 41.8 Å². The molecule has 13 rings (SSSR count). The fourth-order valence-corrected chi connectivity index (χ4v) is 12.2. The van der Waals surface area contributed by atoms with Gasteiger partial charge in [0.15, 0.2) is 0 Å². The van der Waals surface area contributed by atoms with Crippen LogP contribution in [0.1, 0.15) is 122 Å². The molecule has 0 saturated heterocycles. The molecule has 3 aromatic heterocycles. The number of aryl methyl sites for hydroxylation is 2. The van der Waals surface area contributed by atoms with E-state index in [9.17, 15) is 0 Å². The Morgan fingerprint density at radius 2 is 0.541 bits per heavy atom. The van der Waals surface area contributed by atoms with Crippen molar-refractivity contribution in [2.45, 2.75) is 119 Å². The van der Waals surface area contributed by atoms with Gasteiger partial charge in [-0.25, -0.2) is 0 Å². The van der Waals surface area contributed by atoms with Crippen LogP contribution in [0.5, 0.6) is 0 Å². The minimum absolute atomic E-state index is 0. The third-order valence-electron chi connectivity index (χ3n) is 18.0. The first-order valence-corrected chi connectivity index (χ1v) is 33.9. The van der Waals surface area contributed by atoms with Crippen LogP contribution in [0.3, 0.4) is 0 Å². The Bertz CT molecular complexity index is 4620. The van der Waals surface area contributed by atoms with Crippen LogP contribution < -0.4 is 0 Å². The van der Waals surface area contributed by atoms with Gasteiger partial charge < -0.3 is 9.97 Å². The summed E-state index contributed by atoms with van der Waals surface area (Å²) in [7, 11) is 0. The van der Waals surface area contributed by atoms with Crippen LogP contribution in [0.4, 0.5) is 0 Å². The van der Waals surface area contributed by atoms with E-state index >= 15 is 0 Å². The maximum absolute atomic E-state index is 4.59. The van der Waals surface area contributed by atoms with E-state index in [4.69, 9.17) is 0 Å². The summed E-state index contributed by atoms with van der Waals surface area (Å²) in [5.74, 6) is 0. The van der Waals surface area contributed by atoms with Gasteiger partial charge in [0.25, 0.3) is 0 Å². The van der Waals surface area contributed by atoms with Gasteiger partial charge in [0.1, 0.15) is 0 Å². The van der Waals surface area contributed by atoms with E-state index in [0.29, 0.717) is 0 Å². The van der Waals surface area contributed by atoms with Gasteiger partial charge in [-0.05, 0) is 197 Å². The zero-order chi connectivity index (χ0) is 68.7. The van der Waals surface area contributed by atoms with Gasteiger partial charge >= 0.3 is 20.1 Å². The van der Waals surface area contributed by atoms with Crippen molar-refractivity contribution >= 4 is 0 Å². The molecule has 0 bridgehead atoms. The average Bonchev–Trinajstić information content (AvgIpc) is 0.793. The molecule has 0 aliphatic heterocycles. The van der Waals surface area contributed by atoms with Crippen molar-refractivity contribution in [1.29, 1.82) is 0 Å². The van der Waals surface area contributed by atoms with Gasteiger partial charge in [0.2, 0.25) is 0 Å². The standard InChI is InChI=1S/C38H38N.C37H36N.C19H16N.Ir/c1-26-11-12-29(25-35(26)36-10-8-9-21-39-36)32-23-30(27-13-17-33(18-14-27)37(2,3)4)22-31(24-32)28-15-19-34(20-16-28)38(5,6)7;1-36(2,3)33-17-13-26(14-18-33)30-23-31(27-15-19-34(20-16-27)37(4,5)6)25-32(24-30)28-10-9-11-29(22-28)35-12-7-8-21-38-35;1-14-10-15(2)12-18(11-14)16-6-5-7-17(13-16)19-8-3-4-9-20-19;/h8-25H,1H2,2-7H3;7-10,12-25H,1-6H3;3-6,8-13H,1-2H3;/q3*-1;+3. The van der Waals surface area contributed by atoms with E-state index in [1.165, 1.54) is 100 Å². The molecule has 0 unspecified atom stereocenters. The number of hydrogen-bond acceptors (Lipinski definition) is 3. The number of rotatable bonds is 10. The van der Waals surface area contributed by atoms with Crippen LogP contribution >= 0.6 is 0 Å². The van der Waals surface area contributed by atoms with Crippen molar-refractivity contribution in [3.05, 3.63) is 337 Å². The normalized spacial score (nSPS) is 11.5. The minimum atomic E-state index is 0. The van der Waals surface area contributed by atoms with Crippen molar-refractivity contribution in [2.24, 2.45) is 0 Å². The molecule has 0 aliphatic rings. The SMILES string of the molecule is CC(C)(C)c1ccc(-c2cc(-c3ccc(C(C)(C)C)cc3)cc(-c3cc[c-]c(-c4ccccn4)c3)c2)cc1.Cc1cc(C)cc(-c2cc[c-]c(-c3ccccn3)c2)c1.[CH2-]c1ccc(-c2cc(-c3ccc(C(C)(C)C)cc3)cc(-c3ccc(C(C)(C)C)cc3)c2)cc1-c1ccccn1.[Ir+3]. The molecule has 98 heavy (non-hydrogen) atoms. The van der Waals surface area contributed by atoms with Crippen molar-refractivity contribution in [2.75, 3.05) is 0 Å². The van der Waals surface area contributed by atoms with Gasteiger partial charge in [-0.1, -0.05) is 240 Å². The first-order valence-electron chi connectivity index (χ1n) is 33.9. The summed E-state index contributed by atoms with van der Waals surface area (Å²) in [6.07, 6.45) is 5.48. The molecule has 0 amide bonds. The molecule has 0 atom stereocenters. The second-order valence-electron chi connectivity index (χ2n) is 29.8. The van der Waals surface area contributed by atoms with E-state index in [1.54, 1.807) is 0 Å². The molecule has 4 heteroatoms. The van der Waals surface area contributed by atoms with Gasteiger partial charge in [-0.3, -0.25) is 4.98 Å². The number of aromatic nitrogens is 3. The van der Waals surface area contributed by atoms with Gasteiger partial charge in [-0.2, -0.15) is 18.6 Å². The third kappa shape index (κ3) is 17.8. The second-order valence-corrected chi connectivity index (χ2v) is 29.8. The second kappa shape index (κ2) is 30.3. The minimum Gasteiger partial charge on any atom is -0.305 e. The molecule has 13 aromatic rings.